The van der Waals surface area contributed by atoms with Crippen LogP contribution in [0.4, 0.5) is 28.4 Å². The highest BCUT2D eigenvalue weighted by Gasteiger charge is 2.31. The summed E-state index contributed by atoms with van der Waals surface area (Å²) < 4.78 is 4.55. The van der Waals surface area contributed by atoms with Gasteiger partial charge in [0.2, 0.25) is 0 Å². The molecule has 1 heterocycles. The monoisotopic (exact) mass is 346 g/mol. The summed E-state index contributed by atoms with van der Waals surface area (Å²) >= 11 is 0. The normalized spacial score (nSPS) is 10.6. The van der Waals surface area contributed by atoms with Gasteiger partial charge in [0.15, 0.2) is 11.2 Å². The van der Waals surface area contributed by atoms with Gasteiger partial charge in [-0.15, -0.1) is 0 Å². The Labute approximate surface area is 136 Å². The summed E-state index contributed by atoms with van der Waals surface area (Å²) in [4.78, 5) is 30.5. The van der Waals surface area contributed by atoms with Gasteiger partial charge in [-0.1, -0.05) is 6.07 Å². The van der Waals surface area contributed by atoms with Crippen molar-refractivity contribution in [3.8, 4) is 0 Å². The molecule has 0 aliphatic carbocycles. The summed E-state index contributed by atoms with van der Waals surface area (Å²) in [6, 6.07) is 5.79. The van der Waals surface area contributed by atoms with E-state index in [9.17, 15) is 30.3 Å². The van der Waals surface area contributed by atoms with Crippen LogP contribution in [-0.4, -0.2) is 25.1 Å². The predicted molar refractivity (Wildman–Crippen MR) is 81.5 cm³/mol. The highest BCUT2D eigenvalue weighted by Crippen LogP contribution is 2.40. The maximum atomic E-state index is 11.2. The number of benzene rings is 2. The molecule has 1 aromatic heterocycles. The minimum Gasteiger partial charge on any atom is -0.342 e. The van der Waals surface area contributed by atoms with Gasteiger partial charge in [-0.25, -0.2) is 4.63 Å². The van der Waals surface area contributed by atoms with E-state index in [2.05, 4.69) is 20.3 Å². The quantitative estimate of drug-likeness (QED) is 0.532. The molecule has 0 fully saturated rings. The summed E-state index contributed by atoms with van der Waals surface area (Å²) in [5.74, 6) is 0. The van der Waals surface area contributed by atoms with Gasteiger partial charge in [0.1, 0.15) is 5.52 Å². The van der Waals surface area contributed by atoms with Gasteiger partial charge in [-0.05, 0) is 22.4 Å². The van der Waals surface area contributed by atoms with E-state index in [1.807, 2.05) is 0 Å². The van der Waals surface area contributed by atoms with Crippen LogP contribution in [0.1, 0.15) is 0 Å². The number of nitro benzene ring substituents is 3. The van der Waals surface area contributed by atoms with E-state index in [1.54, 1.807) is 6.07 Å². The average Bonchev–Trinajstić information content (AvgIpc) is 3.03. The van der Waals surface area contributed by atoms with Crippen LogP contribution in [0.15, 0.2) is 35.0 Å². The molecule has 3 aromatic rings. The van der Waals surface area contributed by atoms with Gasteiger partial charge in [0.25, 0.3) is 5.69 Å². The molecule has 0 spiro atoms. The Kier molecular flexibility index (Phi) is 3.65. The number of anilines is 2. The maximum Gasteiger partial charge on any atom is 0.306 e. The van der Waals surface area contributed by atoms with Gasteiger partial charge < -0.3 is 5.32 Å². The zero-order valence-corrected chi connectivity index (χ0v) is 12.0. The molecule has 0 saturated heterocycles. The third-order valence-electron chi connectivity index (χ3n) is 3.23. The first-order valence-electron chi connectivity index (χ1n) is 6.48. The van der Waals surface area contributed by atoms with Crippen molar-refractivity contribution in [2.75, 3.05) is 5.32 Å². The van der Waals surface area contributed by atoms with Gasteiger partial charge >= 0.3 is 11.4 Å². The van der Waals surface area contributed by atoms with E-state index in [1.165, 1.54) is 12.1 Å². The molecule has 0 bridgehead atoms. The lowest BCUT2D eigenvalue weighted by molar-refractivity contribution is -0.401. The number of nitrogens with one attached hydrogen (secondary N) is 1. The molecule has 0 amide bonds. The molecule has 0 saturated carbocycles. The number of hydrogen-bond acceptors (Lipinski definition) is 10. The molecule has 13 heteroatoms. The van der Waals surface area contributed by atoms with Crippen LogP contribution in [0, 0.1) is 30.3 Å². The SMILES string of the molecule is O=[N+]([O-])c1cc([N+](=O)[O-])c(Nc2cccc3nonc23)c([N+](=O)[O-])c1. The highest BCUT2D eigenvalue weighted by atomic mass is 16.6. The fraction of sp³-hybridized carbons (Fsp3) is 0. The molecule has 0 unspecified atom stereocenters. The Morgan fingerprint density at radius 2 is 1.56 bits per heavy atom. The van der Waals surface area contributed by atoms with Crippen LogP contribution in [0.3, 0.4) is 0 Å². The molecular weight excluding hydrogens is 340 g/mol. The fourth-order valence-corrected chi connectivity index (χ4v) is 2.16. The number of rotatable bonds is 5. The lowest BCUT2D eigenvalue weighted by Crippen LogP contribution is -2.03. The minimum absolute atomic E-state index is 0.152. The van der Waals surface area contributed by atoms with Crippen molar-refractivity contribution >= 4 is 39.5 Å². The zero-order valence-electron chi connectivity index (χ0n) is 12.0. The molecule has 0 aliphatic heterocycles. The van der Waals surface area contributed by atoms with Gasteiger partial charge in [-0.2, -0.15) is 0 Å². The molecule has 25 heavy (non-hydrogen) atoms. The second-order valence-corrected chi connectivity index (χ2v) is 4.69. The summed E-state index contributed by atoms with van der Waals surface area (Å²) in [5.41, 5.74) is -2.29. The summed E-state index contributed by atoms with van der Waals surface area (Å²) in [7, 11) is 0. The fourth-order valence-electron chi connectivity index (χ4n) is 2.16. The van der Waals surface area contributed by atoms with Crippen molar-refractivity contribution in [3.05, 3.63) is 60.7 Å². The zero-order chi connectivity index (χ0) is 18.1. The molecular formula is C12H6N6O7. The van der Waals surface area contributed by atoms with Crippen molar-refractivity contribution in [2.24, 2.45) is 0 Å². The van der Waals surface area contributed by atoms with Crippen LogP contribution >= 0.6 is 0 Å². The van der Waals surface area contributed by atoms with Crippen LogP contribution < -0.4 is 5.32 Å². The third kappa shape index (κ3) is 2.76. The topological polar surface area (TPSA) is 180 Å². The Hall–Kier alpha value is -4.16. The minimum atomic E-state index is -0.955. The molecule has 3 rings (SSSR count). The van der Waals surface area contributed by atoms with Gasteiger partial charge in [-0.3, -0.25) is 30.3 Å². The number of aromatic nitrogens is 2. The lowest BCUT2D eigenvalue weighted by Gasteiger charge is -2.08. The molecule has 1 N–H and O–H groups in total. The average molecular weight is 346 g/mol. The summed E-state index contributed by atoms with van der Waals surface area (Å²) in [6.45, 7) is 0. The first-order chi connectivity index (χ1) is 11.9. The predicted octanol–water partition coefficient (Wildman–Crippen LogP) is 2.69. The van der Waals surface area contributed by atoms with E-state index in [-0.39, 0.29) is 11.2 Å². The number of fused-ring (bicyclic) bond motifs is 1. The van der Waals surface area contributed by atoms with Crippen molar-refractivity contribution in [1.82, 2.24) is 10.3 Å². The van der Waals surface area contributed by atoms with Crippen LogP contribution in [0.25, 0.3) is 11.0 Å². The summed E-state index contributed by atoms with van der Waals surface area (Å²) in [6.07, 6.45) is 0. The molecule has 0 aliphatic rings. The number of hydrogen-bond donors (Lipinski definition) is 1. The van der Waals surface area contributed by atoms with Gasteiger partial charge in [0.05, 0.1) is 32.6 Å². The lowest BCUT2D eigenvalue weighted by atomic mass is 10.2. The van der Waals surface area contributed by atoms with Crippen molar-refractivity contribution in [2.45, 2.75) is 0 Å². The highest BCUT2D eigenvalue weighted by molar-refractivity contribution is 5.92. The molecule has 13 nitrogen and oxygen atoms in total. The largest absolute Gasteiger partial charge is 0.342 e. The van der Waals surface area contributed by atoms with Crippen LogP contribution in [-0.2, 0) is 0 Å². The van der Waals surface area contributed by atoms with Crippen LogP contribution in [0.2, 0.25) is 0 Å². The first kappa shape index (κ1) is 15.7. The van der Waals surface area contributed by atoms with Crippen LogP contribution in [0.5, 0.6) is 0 Å². The smallest absolute Gasteiger partial charge is 0.306 e. The Bertz CT molecular complexity index is 995. The van der Waals surface area contributed by atoms with E-state index in [4.69, 9.17) is 0 Å². The number of non-ortho nitro benzene ring substituents is 1. The van der Waals surface area contributed by atoms with Crippen molar-refractivity contribution in [1.29, 1.82) is 0 Å². The summed E-state index contributed by atoms with van der Waals surface area (Å²) in [5, 5.41) is 43.1. The van der Waals surface area contributed by atoms with E-state index < -0.39 is 37.5 Å². The maximum absolute atomic E-state index is 11.2. The van der Waals surface area contributed by atoms with Crippen molar-refractivity contribution in [3.63, 3.8) is 0 Å². The molecule has 2 aromatic carbocycles. The third-order valence-corrected chi connectivity index (χ3v) is 3.23. The standard InChI is InChI=1S/C12H6N6O7/c19-16(20)6-4-9(17(21)22)12(10(5-6)18(23)24)13-7-2-1-3-8-11(7)15-25-14-8/h1-5,13H. The number of nitro groups is 3. The second-order valence-electron chi connectivity index (χ2n) is 4.69. The molecule has 126 valence electrons. The van der Waals surface area contributed by atoms with Gasteiger partial charge in [0, 0.05) is 0 Å². The Morgan fingerprint density at radius 3 is 2.12 bits per heavy atom. The van der Waals surface area contributed by atoms with E-state index in [0.29, 0.717) is 17.6 Å². The van der Waals surface area contributed by atoms with E-state index >= 15 is 0 Å². The van der Waals surface area contributed by atoms with Crippen molar-refractivity contribution < 1.29 is 19.4 Å². The molecule has 0 radical (unpaired) electrons. The Morgan fingerprint density at radius 1 is 0.920 bits per heavy atom. The second kappa shape index (κ2) is 5.80. The van der Waals surface area contributed by atoms with E-state index in [0.717, 1.165) is 0 Å². The first-order valence-corrected chi connectivity index (χ1v) is 6.48. The Balaban J connectivity index is 2.23. The molecule has 0 atom stereocenters. The number of nitrogens with zero attached hydrogens (tertiary/aromatic N) is 5.